The van der Waals surface area contributed by atoms with E-state index in [1.165, 1.54) is 0 Å². The summed E-state index contributed by atoms with van der Waals surface area (Å²) in [7, 11) is 0. The molecule has 0 atom stereocenters. The summed E-state index contributed by atoms with van der Waals surface area (Å²) in [6, 6.07) is 1.96. The van der Waals surface area contributed by atoms with Crippen molar-refractivity contribution in [1.82, 2.24) is 25.4 Å². The molecule has 7 heteroatoms. The number of ether oxygens (including phenoxy) is 1. The topological polar surface area (TPSA) is 96.5 Å². The summed E-state index contributed by atoms with van der Waals surface area (Å²) in [5.74, 6) is 1.14. The molecule has 0 aliphatic rings. The van der Waals surface area contributed by atoms with Gasteiger partial charge in [0.05, 0.1) is 25.1 Å². The van der Waals surface area contributed by atoms with Gasteiger partial charge in [-0.2, -0.15) is 10.2 Å². The Balaban J connectivity index is 1.86. The van der Waals surface area contributed by atoms with Crippen LogP contribution in [0.25, 0.3) is 0 Å². The normalized spacial score (nSPS) is 10.6. The lowest BCUT2D eigenvalue weighted by Gasteiger charge is -1.98. The van der Waals surface area contributed by atoms with Crippen LogP contribution in [0.3, 0.4) is 0 Å². The quantitative estimate of drug-likeness (QED) is 0.755. The number of nitrogens with one attached hydrogen (secondary N) is 2. The number of aromatic amines is 2. The first kappa shape index (κ1) is 13.3. The molecular weight excluding hydrogens is 246 g/mol. The number of hydrogen-bond donors (Lipinski definition) is 2. The van der Waals surface area contributed by atoms with Crippen molar-refractivity contribution in [3.8, 4) is 0 Å². The largest absolute Gasteiger partial charge is 0.466 e. The molecule has 2 rings (SSSR count). The van der Waals surface area contributed by atoms with Crippen molar-refractivity contribution in [2.75, 3.05) is 6.61 Å². The van der Waals surface area contributed by atoms with Gasteiger partial charge in [0.1, 0.15) is 5.82 Å². The van der Waals surface area contributed by atoms with Crippen molar-refractivity contribution in [2.45, 2.75) is 33.1 Å². The molecule has 0 radical (unpaired) electrons. The molecule has 0 unspecified atom stereocenters. The van der Waals surface area contributed by atoms with Crippen LogP contribution in [0.2, 0.25) is 0 Å². The van der Waals surface area contributed by atoms with Gasteiger partial charge < -0.3 is 4.74 Å². The lowest BCUT2D eigenvalue weighted by Crippen LogP contribution is -2.05. The highest BCUT2D eigenvalue weighted by atomic mass is 16.5. The Morgan fingerprint density at radius 3 is 2.89 bits per heavy atom. The van der Waals surface area contributed by atoms with Gasteiger partial charge in [0.2, 0.25) is 0 Å². The first-order valence-corrected chi connectivity index (χ1v) is 6.24. The summed E-state index contributed by atoms with van der Waals surface area (Å²) >= 11 is 0. The minimum atomic E-state index is -0.225. The van der Waals surface area contributed by atoms with Crippen molar-refractivity contribution < 1.29 is 9.53 Å². The van der Waals surface area contributed by atoms with Crippen LogP contribution >= 0.6 is 0 Å². The lowest BCUT2D eigenvalue weighted by molar-refractivity contribution is -0.143. The Labute approximate surface area is 110 Å². The SMILES string of the molecule is CCOC(=O)CCc1n[nH]c(Cc2cc(C)[nH]n2)n1. The van der Waals surface area contributed by atoms with E-state index in [2.05, 4.69) is 25.4 Å². The Morgan fingerprint density at radius 2 is 2.21 bits per heavy atom. The summed E-state index contributed by atoms with van der Waals surface area (Å²) in [6.45, 7) is 4.13. The molecule has 0 aliphatic carbocycles. The fourth-order valence-corrected chi connectivity index (χ4v) is 1.71. The number of aromatic nitrogens is 5. The van der Waals surface area contributed by atoms with Gasteiger partial charge in [-0.3, -0.25) is 15.0 Å². The van der Waals surface area contributed by atoms with Crippen LogP contribution in [0, 0.1) is 6.92 Å². The molecule has 0 spiro atoms. The zero-order chi connectivity index (χ0) is 13.7. The molecule has 0 bridgehead atoms. The first-order chi connectivity index (χ1) is 9.17. The zero-order valence-electron chi connectivity index (χ0n) is 11.1. The standard InChI is InChI=1S/C12H17N5O2/c1-3-19-12(18)5-4-10-13-11(17-16-10)7-9-6-8(2)14-15-9/h6H,3-5,7H2,1-2H3,(H,14,15)(H,13,16,17). The van der Waals surface area contributed by atoms with Crippen LogP contribution < -0.4 is 0 Å². The Kier molecular flexibility index (Phi) is 4.27. The van der Waals surface area contributed by atoms with Gasteiger partial charge >= 0.3 is 5.97 Å². The molecule has 2 aromatic heterocycles. The van der Waals surface area contributed by atoms with Gasteiger partial charge in [-0.15, -0.1) is 0 Å². The Bertz CT molecular complexity index is 546. The summed E-state index contributed by atoms with van der Waals surface area (Å²) < 4.78 is 4.85. The number of nitrogens with zero attached hydrogens (tertiary/aromatic N) is 3. The van der Waals surface area contributed by atoms with E-state index in [0.29, 0.717) is 31.7 Å². The molecule has 7 nitrogen and oxygen atoms in total. The average Bonchev–Trinajstić information content (AvgIpc) is 2.97. The molecule has 0 saturated heterocycles. The molecule has 2 heterocycles. The number of carbonyl (C=O) groups excluding carboxylic acids is 1. The van der Waals surface area contributed by atoms with E-state index in [1.54, 1.807) is 6.92 Å². The van der Waals surface area contributed by atoms with Gasteiger partial charge in [0.25, 0.3) is 0 Å². The third-order valence-corrected chi connectivity index (χ3v) is 2.54. The first-order valence-electron chi connectivity index (χ1n) is 6.24. The Morgan fingerprint density at radius 1 is 1.37 bits per heavy atom. The van der Waals surface area contributed by atoms with Gasteiger partial charge in [-0.05, 0) is 19.9 Å². The molecule has 2 N–H and O–H groups in total. The summed E-state index contributed by atoms with van der Waals surface area (Å²) in [5, 5.41) is 13.9. The predicted octanol–water partition coefficient (Wildman–Crippen LogP) is 0.923. The van der Waals surface area contributed by atoms with Crippen LogP contribution in [0.5, 0.6) is 0 Å². The van der Waals surface area contributed by atoms with Crippen LogP contribution in [-0.2, 0) is 22.4 Å². The van der Waals surface area contributed by atoms with E-state index in [9.17, 15) is 4.79 Å². The number of carbonyl (C=O) groups is 1. The maximum atomic E-state index is 11.2. The molecule has 102 valence electrons. The fourth-order valence-electron chi connectivity index (χ4n) is 1.71. The molecule has 0 fully saturated rings. The van der Waals surface area contributed by atoms with E-state index in [0.717, 1.165) is 17.2 Å². The summed E-state index contributed by atoms with van der Waals surface area (Å²) in [6.07, 6.45) is 1.37. The van der Waals surface area contributed by atoms with E-state index in [1.807, 2.05) is 13.0 Å². The second-order valence-corrected chi connectivity index (χ2v) is 4.22. The summed E-state index contributed by atoms with van der Waals surface area (Å²) in [4.78, 5) is 15.5. The minimum Gasteiger partial charge on any atom is -0.466 e. The molecular formula is C12H17N5O2. The number of hydrogen-bond acceptors (Lipinski definition) is 5. The maximum Gasteiger partial charge on any atom is 0.306 e. The van der Waals surface area contributed by atoms with Crippen molar-refractivity contribution >= 4 is 5.97 Å². The fraction of sp³-hybridized carbons (Fsp3) is 0.500. The molecule has 0 aliphatic heterocycles. The van der Waals surface area contributed by atoms with Gasteiger partial charge in [0, 0.05) is 12.1 Å². The number of H-pyrrole nitrogens is 2. The second kappa shape index (κ2) is 6.12. The van der Waals surface area contributed by atoms with E-state index in [-0.39, 0.29) is 5.97 Å². The summed E-state index contributed by atoms with van der Waals surface area (Å²) in [5.41, 5.74) is 1.92. The predicted molar refractivity (Wildman–Crippen MR) is 67.5 cm³/mol. The van der Waals surface area contributed by atoms with E-state index < -0.39 is 0 Å². The van der Waals surface area contributed by atoms with Gasteiger partial charge in [0.15, 0.2) is 5.82 Å². The van der Waals surface area contributed by atoms with Crippen molar-refractivity contribution in [2.24, 2.45) is 0 Å². The van der Waals surface area contributed by atoms with Crippen molar-refractivity contribution in [1.29, 1.82) is 0 Å². The van der Waals surface area contributed by atoms with Crippen molar-refractivity contribution in [3.05, 3.63) is 29.1 Å². The molecule has 2 aromatic rings. The molecule has 0 saturated carbocycles. The smallest absolute Gasteiger partial charge is 0.306 e. The van der Waals surface area contributed by atoms with E-state index in [4.69, 9.17) is 4.74 Å². The number of aryl methyl sites for hydroxylation is 2. The molecule has 0 aromatic carbocycles. The third kappa shape index (κ3) is 3.90. The number of esters is 1. The van der Waals surface area contributed by atoms with Gasteiger partial charge in [-0.25, -0.2) is 4.98 Å². The highest BCUT2D eigenvalue weighted by Crippen LogP contribution is 2.05. The molecule has 0 amide bonds. The highest BCUT2D eigenvalue weighted by molar-refractivity contribution is 5.69. The van der Waals surface area contributed by atoms with Crippen LogP contribution in [0.1, 0.15) is 36.4 Å². The zero-order valence-corrected chi connectivity index (χ0v) is 11.1. The number of rotatable bonds is 6. The van der Waals surface area contributed by atoms with Crippen molar-refractivity contribution in [3.63, 3.8) is 0 Å². The second-order valence-electron chi connectivity index (χ2n) is 4.22. The molecule has 19 heavy (non-hydrogen) atoms. The minimum absolute atomic E-state index is 0.225. The Hall–Kier alpha value is -2.18. The third-order valence-electron chi connectivity index (χ3n) is 2.54. The lowest BCUT2D eigenvalue weighted by atomic mass is 10.3. The van der Waals surface area contributed by atoms with Crippen LogP contribution in [-0.4, -0.2) is 38.0 Å². The van der Waals surface area contributed by atoms with E-state index >= 15 is 0 Å². The van der Waals surface area contributed by atoms with Gasteiger partial charge in [-0.1, -0.05) is 0 Å². The highest BCUT2D eigenvalue weighted by Gasteiger charge is 2.09. The van der Waals surface area contributed by atoms with Crippen LogP contribution in [0.4, 0.5) is 0 Å². The average molecular weight is 263 g/mol. The monoisotopic (exact) mass is 263 g/mol. The maximum absolute atomic E-state index is 11.2. The van der Waals surface area contributed by atoms with Crippen LogP contribution in [0.15, 0.2) is 6.07 Å².